The lowest BCUT2D eigenvalue weighted by atomic mass is 10.2. The monoisotopic (exact) mass is 329 g/mol. The molecule has 1 N–H and O–H groups in total. The van der Waals surface area contributed by atoms with Crippen molar-refractivity contribution >= 4 is 23.3 Å². The Morgan fingerprint density at radius 2 is 1.96 bits per heavy atom. The van der Waals surface area contributed by atoms with Crippen LogP contribution in [0.25, 0.3) is 0 Å². The summed E-state index contributed by atoms with van der Waals surface area (Å²) < 4.78 is 3.38. The zero-order chi connectivity index (χ0) is 16.2. The van der Waals surface area contributed by atoms with Crippen molar-refractivity contribution in [1.82, 2.24) is 19.6 Å². The highest BCUT2D eigenvalue weighted by Crippen LogP contribution is 2.20. The first-order chi connectivity index (χ1) is 11.2. The third kappa shape index (κ3) is 3.60. The number of amides is 1. The number of carbonyl (C=O) groups is 1. The first-order valence-corrected chi connectivity index (χ1v) is 7.65. The largest absolute Gasteiger partial charge is 0.302 e. The summed E-state index contributed by atoms with van der Waals surface area (Å²) in [6, 6.07) is 11.6. The quantitative estimate of drug-likeness (QED) is 0.782. The third-order valence-electron chi connectivity index (χ3n) is 3.33. The molecule has 0 aliphatic heterocycles. The van der Waals surface area contributed by atoms with Gasteiger partial charge in [0.1, 0.15) is 5.02 Å². The predicted octanol–water partition coefficient (Wildman–Crippen LogP) is 3.05. The Balaban J connectivity index is 1.72. The van der Waals surface area contributed by atoms with Gasteiger partial charge in [-0.2, -0.15) is 10.2 Å². The zero-order valence-electron chi connectivity index (χ0n) is 12.6. The molecular weight excluding hydrogens is 314 g/mol. The summed E-state index contributed by atoms with van der Waals surface area (Å²) in [4.78, 5) is 12.2. The molecule has 0 unspecified atom stereocenters. The fraction of sp³-hybridized carbons (Fsp3) is 0.188. The average molecular weight is 330 g/mol. The van der Waals surface area contributed by atoms with Gasteiger partial charge in [0.15, 0.2) is 11.5 Å². The number of carbonyl (C=O) groups excluding carboxylic acids is 1. The molecule has 118 valence electrons. The van der Waals surface area contributed by atoms with Crippen LogP contribution >= 0.6 is 11.6 Å². The van der Waals surface area contributed by atoms with Gasteiger partial charge in [-0.1, -0.05) is 41.9 Å². The van der Waals surface area contributed by atoms with E-state index in [1.54, 1.807) is 27.8 Å². The molecule has 3 aromatic rings. The summed E-state index contributed by atoms with van der Waals surface area (Å²) in [5, 5.41) is 11.6. The van der Waals surface area contributed by atoms with Crippen molar-refractivity contribution in [3.8, 4) is 0 Å². The number of rotatable bonds is 5. The molecule has 0 saturated heterocycles. The van der Waals surface area contributed by atoms with E-state index in [4.69, 9.17) is 11.6 Å². The molecule has 2 aromatic heterocycles. The van der Waals surface area contributed by atoms with Crippen molar-refractivity contribution in [2.45, 2.75) is 20.0 Å². The lowest BCUT2D eigenvalue weighted by Gasteiger charge is -2.02. The highest BCUT2D eigenvalue weighted by Gasteiger charge is 2.14. The Morgan fingerprint density at radius 3 is 2.65 bits per heavy atom. The Hall–Kier alpha value is -2.60. The van der Waals surface area contributed by atoms with Crippen molar-refractivity contribution in [1.29, 1.82) is 0 Å². The first kappa shape index (κ1) is 15.3. The Kier molecular flexibility index (Phi) is 4.43. The SMILES string of the molecule is CCn1ccc(C(=O)Nc2nn(Cc3ccccc3)cc2Cl)n1. The number of aromatic nitrogens is 4. The van der Waals surface area contributed by atoms with Gasteiger partial charge in [-0.25, -0.2) is 0 Å². The summed E-state index contributed by atoms with van der Waals surface area (Å²) in [6.45, 7) is 3.25. The summed E-state index contributed by atoms with van der Waals surface area (Å²) in [5.74, 6) is 0.00251. The summed E-state index contributed by atoms with van der Waals surface area (Å²) in [6.07, 6.45) is 3.44. The van der Waals surface area contributed by atoms with Crippen molar-refractivity contribution < 1.29 is 4.79 Å². The summed E-state index contributed by atoms with van der Waals surface area (Å²) in [7, 11) is 0. The number of halogens is 1. The second-order valence-corrected chi connectivity index (χ2v) is 5.43. The molecule has 0 bridgehead atoms. The topological polar surface area (TPSA) is 64.7 Å². The molecular formula is C16H16ClN5O. The second kappa shape index (κ2) is 6.66. The van der Waals surface area contributed by atoms with Gasteiger partial charge in [-0.3, -0.25) is 14.2 Å². The standard InChI is InChI=1S/C16H16ClN5O/c1-2-21-9-8-14(19-21)16(23)18-15-13(17)11-22(20-15)10-12-6-4-3-5-7-12/h3-9,11H,2,10H2,1H3,(H,18,20,23). The van der Waals surface area contributed by atoms with Crippen LogP contribution in [0.1, 0.15) is 23.0 Å². The van der Waals surface area contributed by atoms with Gasteiger partial charge in [0.2, 0.25) is 0 Å². The highest BCUT2D eigenvalue weighted by molar-refractivity contribution is 6.33. The van der Waals surface area contributed by atoms with Crippen LogP contribution in [0.5, 0.6) is 0 Å². The predicted molar refractivity (Wildman–Crippen MR) is 88.6 cm³/mol. The number of nitrogens with one attached hydrogen (secondary N) is 1. The minimum atomic E-state index is -0.330. The maximum absolute atomic E-state index is 12.2. The summed E-state index contributed by atoms with van der Waals surface area (Å²) >= 11 is 6.15. The number of hydrogen-bond donors (Lipinski definition) is 1. The molecule has 0 radical (unpaired) electrons. The van der Waals surface area contributed by atoms with Crippen molar-refractivity contribution in [3.05, 3.63) is 65.1 Å². The molecule has 3 rings (SSSR count). The van der Waals surface area contributed by atoms with E-state index in [0.717, 1.165) is 5.56 Å². The Bertz CT molecular complexity index is 809. The molecule has 0 fully saturated rings. The molecule has 0 aliphatic rings. The molecule has 0 spiro atoms. The molecule has 1 aromatic carbocycles. The van der Waals surface area contributed by atoms with E-state index >= 15 is 0 Å². The van der Waals surface area contributed by atoms with Crippen LogP contribution in [-0.2, 0) is 13.1 Å². The average Bonchev–Trinajstić information content (AvgIpc) is 3.16. The van der Waals surface area contributed by atoms with E-state index in [9.17, 15) is 4.79 Å². The number of nitrogens with zero attached hydrogens (tertiary/aromatic N) is 4. The minimum absolute atomic E-state index is 0.330. The number of aryl methyl sites for hydroxylation is 1. The van der Waals surface area contributed by atoms with E-state index < -0.39 is 0 Å². The van der Waals surface area contributed by atoms with E-state index in [1.165, 1.54) is 0 Å². The van der Waals surface area contributed by atoms with E-state index in [1.807, 2.05) is 37.3 Å². The maximum atomic E-state index is 12.2. The smallest absolute Gasteiger partial charge is 0.277 e. The van der Waals surface area contributed by atoms with Crippen LogP contribution in [0.4, 0.5) is 5.82 Å². The Labute approximate surface area is 138 Å². The molecule has 7 heteroatoms. The van der Waals surface area contributed by atoms with Crippen LogP contribution in [-0.4, -0.2) is 25.5 Å². The molecule has 2 heterocycles. The van der Waals surface area contributed by atoms with Gasteiger partial charge in [-0.15, -0.1) is 0 Å². The fourth-order valence-electron chi connectivity index (χ4n) is 2.16. The van der Waals surface area contributed by atoms with Crippen LogP contribution in [0.3, 0.4) is 0 Å². The molecule has 0 saturated carbocycles. The van der Waals surface area contributed by atoms with E-state index in [0.29, 0.717) is 29.6 Å². The molecule has 1 amide bonds. The minimum Gasteiger partial charge on any atom is -0.302 e. The highest BCUT2D eigenvalue weighted by atomic mass is 35.5. The van der Waals surface area contributed by atoms with Crippen LogP contribution in [0, 0.1) is 0 Å². The van der Waals surface area contributed by atoms with Gasteiger partial charge in [0.05, 0.1) is 6.54 Å². The van der Waals surface area contributed by atoms with Gasteiger partial charge in [0.25, 0.3) is 5.91 Å². The van der Waals surface area contributed by atoms with Crippen molar-refractivity contribution in [2.24, 2.45) is 0 Å². The van der Waals surface area contributed by atoms with E-state index in [2.05, 4.69) is 15.5 Å². The molecule has 0 atom stereocenters. The Morgan fingerprint density at radius 1 is 1.17 bits per heavy atom. The number of hydrogen-bond acceptors (Lipinski definition) is 3. The van der Waals surface area contributed by atoms with Crippen molar-refractivity contribution in [2.75, 3.05) is 5.32 Å². The lowest BCUT2D eigenvalue weighted by Crippen LogP contribution is -2.14. The normalized spacial score (nSPS) is 10.7. The molecule has 23 heavy (non-hydrogen) atoms. The van der Waals surface area contributed by atoms with Gasteiger partial charge in [-0.05, 0) is 18.6 Å². The second-order valence-electron chi connectivity index (χ2n) is 5.02. The van der Waals surface area contributed by atoms with Crippen LogP contribution in [0.15, 0.2) is 48.8 Å². The summed E-state index contributed by atoms with van der Waals surface area (Å²) in [5.41, 5.74) is 1.44. The van der Waals surface area contributed by atoms with Crippen LogP contribution in [0.2, 0.25) is 5.02 Å². The molecule has 0 aliphatic carbocycles. The van der Waals surface area contributed by atoms with Crippen LogP contribution < -0.4 is 5.32 Å². The van der Waals surface area contributed by atoms with Gasteiger partial charge < -0.3 is 5.32 Å². The zero-order valence-corrected chi connectivity index (χ0v) is 13.4. The third-order valence-corrected chi connectivity index (χ3v) is 3.61. The number of anilines is 1. The maximum Gasteiger partial charge on any atom is 0.277 e. The fourth-order valence-corrected chi connectivity index (χ4v) is 2.36. The number of benzene rings is 1. The van der Waals surface area contributed by atoms with Gasteiger partial charge >= 0.3 is 0 Å². The lowest BCUT2D eigenvalue weighted by molar-refractivity contribution is 0.102. The van der Waals surface area contributed by atoms with Crippen molar-refractivity contribution in [3.63, 3.8) is 0 Å². The molecule has 6 nitrogen and oxygen atoms in total. The van der Waals surface area contributed by atoms with Gasteiger partial charge in [0, 0.05) is 18.9 Å². The first-order valence-electron chi connectivity index (χ1n) is 7.27. The van der Waals surface area contributed by atoms with E-state index in [-0.39, 0.29) is 5.91 Å².